The Labute approximate surface area is 133 Å². The second kappa shape index (κ2) is 6.95. The number of aliphatic hydroxyl groups excluding tert-OH is 1. The first-order valence-corrected chi connectivity index (χ1v) is 7.56. The number of benzene rings is 1. The van der Waals surface area contributed by atoms with Gasteiger partial charge in [-0.05, 0) is 47.5 Å². The zero-order valence-electron chi connectivity index (χ0n) is 12.4. The summed E-state index contributed by atoms with van der Waals surface area (Å²) in [5.41, 5.74) is 2.99. The molecule has 2 N–H and O–H groups in total. The fourth-order valence-corrected chi connectivity index (χ4v) is 2.58. The van der Waals surface area contributed by atoms with Gasteiger partial charge in [-0.1, -0.05) is 6.07 Å². The molecule has 5 nitrogen and oxygen atoms in total. The number of hydrogen-bond donors (Lipinski definition) is 2. The molecule has 1 heterocycles. The van der Waals surface area contributed by atoms with Crippen molar-refractivity contribution in [1.29, 1.82) is 0 Å². The van der Waals surface area contributed by atoms with Gasteiger partial charge in [0.05, 0.1) is 15.9 Å². The van der Waals surface area contributed by atoms with Crippen LogP contribution in [0.5, 0.6) is 5.75 Å². The van der Waals surface area contributed by atoms with Crippen LogP contribution in [0.2, 0.25) is 0 Å². The molecule has 1 aromatic carbocycles. The molecule has 0 aliphatic rings. The van der Waals surface area contributed by atoms with E-state index in [1.165, 1.54) is 0 Å². The number of rotatable bonds is 6. The van der Waals surface area contributed by atoms with E-state index in [1.807, 2.05) is 45.3 Å². The Kier molecular flexibility index (Phi) is 5.25. The molecule has 0 saturated heterocycles. The molecule has 1 unspecified atom stereocenters. The third-order valence-corrected chi connectivity index (χ3v) is 3.68. The van der Waals surface area contributed by atoms with Gasteiger partial charge >= 0.3 is 0 Å². The predicted octanol–water partition coefficient (Wildman–Crippen LogP) is 2.65. The summed E-state index contributed by atoms with van der Waals surface area (Å²) in [5.74, 6) is 0.734. The van der Waals surface area contributed by atoms with Crippen molar-refractivity contribution in [2.45, 2.75) is 20.0 Å². The topological polar surface area (TPSA) is 59.3 Å². The zero-order valence-corrected chi connectivity index (χ0v) is 14.0. The predicted molar refractivity (Wildman–Crippen MR) is 86.8 cm³/mol. The Morgan fingerprint density at radius 2 is 2.19 bits per heavy atom. The molecule has 114 valence electrons. The maximum atomic E-state index is 9.98. The van der Waals surface area contributed by atoms with E-state index in [4.69, 9.17) is 4.74 Å². The number of anilines is 1. The molecule has 0 fully saturated rings. The zero-order chi connectivity index (χ0) is 15.4. The first kappa shape index (κ1) is 15.9. The van der Waals surface area contributed by atoms with Crippen LogP contribution in [0.15, 0.2) is 28.9 Å². The summed E-state index contributed by atoms with van der Waals surface area (Å²) in [5, 5.41) is 17.4. The minimum Gasteiger partial charge on any atom is -0.490 e. The summed E-state index contributed by atoms with van der Waals surface area (Å²) in [6.07, 6.45) is 1.29. The lowest BCUT2D eigenvalue weighted by atomic mass is 10.2. The molecule has 0 saturated carbocycles. The third kappa shape index (κ3) is 4.47. The van der Waals surface area contributed by atoms with E-state index in [2.05, 4.69) is 26.3 Å². The smallest absolute Gasteiger partial charge is 0.133 e. The van der Waals surface area contributed by atoms with E-state index in [1.54, 1.807) is 4.68 Å². The molecule has 21 heavy (non-hydrogen) atoms. The van der Waals surface area contributed by atoms with Crippen molar-refractivity contribution in [3.8, 4) is 5.75 Å². The average Bonchev–Trinajstić information content (AvgIpc) is 2.73. The van der Waals surface area contributed by atoms with E-state index < -0.39 is 6.10 Å². The molecule has 0 aliphatic carbocycles. The molecule has 2 rings (SSSR count). The molecule has 0 bridgehead atoms. The van der Waals surface area contributed by atoms with Crippen molar-refractivity contribution in [2.24, 2.45) is 7.05 Å². The lowest BCUT2D eigenvalue weighted by molar-refractivity contribution is 0.117. The van der Waals surface area contributed by atoms with Crippen LogP contribution in [0, 0.1) is 13.8 Å². The highest BCUT2D eigenvalue weighted by Crippen LogP contribution is 2.25. The van der Waals surface area contributed by atoms with Gasteiger partial charge in [-0.25, -0.2) is 0 Å². The summed E-state index contributed by atoms with van der Waals surface area (Å²) in [4.78, 5) is 0. The number of aryl methyl sites for hydroxylation is 3. The van der Waals surface area contributed by atoms with Gasteiger partial charge in [0.1, 0.15) is 18.5 Å². The Morgan fingerprint density at radius 3 is 2.81 bits per heavy atom. The van der Waals surface area contributed by atoms with E-state index >= 15 is 0 Å². The van der Waals surface area contributed by atoms with Crippen LogP contribution >= 0.6 is 15.9 Å². The van der Waals surface area contributed by atoms with E-state index in [-0.39, 0.29) is 6.61 Å². The fraction of sp³-hybridized carbons (Fsp3) is 0.400. The fourth-order valence-electron chi connectivity index (χ4n) is 1.97. The third-order valence-electron chi connectivity index (χ3n) is 3.06. The van der Waals surface area contributed by atoms with Crippen molar-refractivity contribution < 1.29 is 9.84 Å². The molecule has 6 heteroatoms. The first-order chi connectivity index (χ1) is 9.95. The van der Waals surface area contributed by atoms with Crippen molar-refractivity contribution in [3.05, 3.63) is 40.1 Å². The molecule has 0 radical (unpaired) electrons. The van der Waals surface area contributed by atoms with E-state index in [0.717, 1.165) is 27.2 Å². The molecule has 0 spiro atoms. The summed E-state index contributed by atoms with van der Waals surface area (Å²) in [6.45, 7) is 4.59. The van der Waals surface area contributed by atoms with Crippen LogP contribution in [0.1, 0.15) is 11.3 Å². The molecule has 0 aliphatic heterocycles. The number of ether oxygens (including phenoxy) is 1. The Morgan fingerprint density at radius 1 is 1.43 bits per heavy atom. The van der Waals surface area contributed by atoms with Gasteiger partial charge in [0.2, 0.25) is 0 Å². The minimum absolute atomic E-state index is 0.230. The molecule has 1 atom stereocenters. The number of nitrogens with one attached hydrogen (secondary N) is 1. The first-order valence-electron chi connectivity index (χ1n) is 6.77. The van der Waals surface area contributed by atoms with Crippen LogP contribution in [0.4, 0.5) is 5.69 Å². The summed E-state index contributed by atoms with van der Waals surface area (Å²) in [6, 6.07) is 5.85. The molecule has 1 aromatic heterocycles. The van der Waals surface area contributed by atoms with E-state index in [9.17, 15) is 5.11 Å². The summed E-state index contributed by atoms with van der Waals surface area (Å²) in [7, 11) is 1.87. The highest BCUT2D eigenvalue weighted by atomic mass is 79.9. The van der Waals surface area contributed by atoms with Gasteiger partial charge in [-0.15, -0.1) is 0 Å². The largest absolute Gasteiger partial charge is 0.490 e. The SMILES string of the molecule is Cc1ccc(OCC(O)CNc2cn(C)nc2C)c(Br)c1. The monoisotopic (exact) mass is 353 g/mol. The molecular formula is C15H20BrN3O2. The number of nitrogens with zero attached hydrogens (tertiary/aromatic N) is 2. The van der Waals surface area contributed by atoms with Crippen molar-refractivity contribution in [2.75, 3.05) is 18.5 Å². The second-order valence-electron chi connectivity index (χ2n) is 5.08. The molecular weight excluding hydrogens is 334 g/mol. The highest BCUT2D eigenvalue weighted by molar-refractivity contribution is 9.10. The summed E-state index contributed by atoms with van der Waals surface area (Å²) >= 11 is 3.45. The standard InChI is InChI=1S/C15H20BrN3O2/c1-10-4-5-15(13(16)6-10)21-9-12(20)7-17-14-8-19(3)18-11(14)2/h4-6,8,12,17,20H,7,9H2,1-3H3. The second-order valence-corrected chi connectivity index (χ2v) is 5.94. The Hall–Kier alpha value is -1.53. The van der Waals surface area contributed by atoms with Crippen LogP contribution in [-0.2, 0) is 7.05 Å². The van der Waals surface area contributed by atoms with Crippen LogP contribution < -0.4 is 10.1 Å². The Balaban J connectivity index is 1.82. The van der Waals surface area contributed by atoms with Gasteiger partial charge in [0.25, 0.3) is 0 Å². The maximum Gasteiger partial charge on any atom is 0.133 e. The quantitative estimate of drug-likeness (QED) is 0.837. The lowest BCUT2D eigenvalue weighted by Gasteiger charge is -2.14. The van der Waals surface area contributed by atoms with Gasteiger partial charge in [0.15, 0.2) is 0 Å². The average molecular weight is 354 g/mol. The van der Waals surface area contributed by atoms with Crippen molar-refractivity contribution in [1.82, 2.24) is 9.78 Å². The van der Waals surface area contributed by atoms with Gasteiger partial charge in [-0.2, -0.15) is 5.10 Å². The minimum atomic E-state index is -0.599. The summed E-state index contributed by atoms with van der Waals surface area (Å²) < 4.78 is 8.25. The normalized spacial score (nSPS) is 12.2. The van der Waals surface area contributed by atoms with Gasteiger partial charge < -0.3 is 15.2 Å². The molecule has 2 aromatic rings. The van der Waals surface area contributed by atoms with Crippen LogP contribution in [0.3, 0.4) is 0 Å². The van der Waals surface area contributed by atoms with Crippen LogP contribution in [-0.4, -0.2) is 34.1 Å². The number of aliphatic hydroxyl groups is 1. The Bertz CT molecular complexity index is 613. The van der Waals surface area contributed by atoms with Crippen molar-refractivity contribution in [3.63, 3.8) is 0 Å². The van der Waals surface area contributed by atoms with E-state index in [0.29, 0.717) is 6.54 Å². The number of hydrogen-bond acceptors (Lipinski definition) is 4. The van der Waals surface area contributed by atoms with Crippen molar-refractivity contribution >= 4 is 21.6 Å². The molecule has 0 amide bonds. The lowest BCUT2D eigenvalue weighted by Crippen LogP contribution is -2.26. The number of halogens is 1. The van der Waals surface area contributed by atoms with Crippen LogP contribution in [0.25, 0.3) is 0 Å². The maximum absolute atomic E-state index is 9.98. The van der Waals surface area contributed by atoms with Gasteiger partial charge in [-0.3, -0.25) is 4.68 Å². The van der Waals surface area contributed by atoms with Gasteiger partial charge in [0, 0.05) is 19.8 Å². The number of aromatic nitrogens is 2. The highest BCUT2D eigenvalue weighted by Gasteiger charge is 2.09.